The average Bonchev–Trinajstić information content (AvgIpc) is 3.82. The number of thiophene rings is 2. The summed E-state index contributed by atoms with van der Waals surface area (Å²) in [6, 6.07) is 34.2. The Morgan fingerprint density at radius 1 is 0.556 bits per heavy atom. The highest BCUT2D eigenvalue weighted by atomic mass is 32.1. The molecule has 10 rings (SSSR count). The third kappa shape index (κ3) is 3.69. The van der Waals surface area contributed by atoms with Gasteiger partial charge in [0.15, 0.2) is 0 Å². The van der Waals surface area contributed by atoms with Crippen LogP contribution in [0.3, 0.4) is 0 Å². The molecule has 10 aromatic rings. The number of rotatable bonds is 3. The van der Waals surface area contributed by atoms with Crippen LogP contribution in [-0.4, -0.2) is 14.5 Å². The fourth-order valence-corrected chi connectivity index (χ4v) is 9.04. The summed E-state index contributed by atoms with van der Waals surface area (Å²) < 4.78 is 48.1. The van der Waals surface area contributed by atoms with Crippen LogP contribution in [0, 0.1) is 0 Å². The highest BCUT2D eigenvalue weighted by molar-refractivity contribution is 7.27. The van der Waals surface area contributed by atoms with Crippen molar-refractivity contribution in [3.63, 3.8) is 0 Å². The van der Waals surface area contributed by atoms with Crippen molar-refractivity contribution in [1.82, 2.24) is 14.5 Å². The maximum atomic E-state index is 8.50. The Morgan fingerprint density at radius 2 is 1.38 bits per heavy atom. The van der Waals surface area contributed by atoms with E-state index in [1.54, 1.807) is 17.7 Å². The van der Waals surface area contributed by atoms with Crippen molar-refractivity contribution in [1.29, 1.82) is 0 Å². The largest absolute Gasteiger partial charge is 0.309 e. The molecule has 0 bridgehead atoms. The monoisotopic (exact) mass is 614 g/mol. The lowest BCUT2D eigenvalue weighted by molar-refractivity contribution is 1.18. The lowest BCUT2D eigenvalue weighted by Gasteiger charge is -2.10. The van der Waals surface area contributed by atoms with Crippen LogP contribution in [0.5, 0.6) is 0 Å². The van der Waals surface area contributed by atoms with Crippen LogP contribution < -0.4 is 0 Å². The summed E-state index contributed by atoms with van der Waals surface area (Å²) in [5, 5.41) is 5.88. The van der Waals surface area contributed by atoms with Gasteiger partial charge in [-0.05, 0) is 53.6 Å². The molecule has 0 N–H and O–H groups in total. The van der Waals surface area contributed by atoms with Gasteiger partial charge in [0.05, 0.1) is 33.8 Å². The van der Waals surface area contributed by atoms with Crippen LogP contribution in [0.25, 0.3) is 90.4 Å². The molecule has 0 atom stereocenters. The van der Waals surface area contributed by atoms with Gasteiger partial charge in [0.25, 0.3) is 0 Å². The van der Waals surface area contributed by atoms with E-state index in [1.807, 2.05) is 29.5 Å². The molecular weight excluding hydrogens is 587 g/mol. The zero-order valence-corrected chi connectivity index (χ0v) is 25.2. The van der Waals surface area contributed by atoms with Crippen LogP contribution in [0.15, 0.2) is 140 Å². The quantitative estimate of drug-likeness (QED) is 0.198. The summed E-state index contributed by atoms with van der Waals surface area (Å²) in [5.41, 5.74) is 6.59. The Bertz CT molecular complexity index is 3040. The van der Waals surface area contributed by atoms with E-state index < -0.39 is 6.04 Å². The van der Waals surface area contributed by atoms with E-state index >= 15 is 0 Å². The summed E-state index contributed by atoms with van der Waals surface area (Å²) in [6.45, 7) is 0. The minimum absolute atomic E-state index is 0.179. The molecule has 6 aromatic carbocycles. The van der Waals surface area contributed by atoms with Crippen LogP contribution in [0.4, 0.5) is 0 Å². The van der Waals surface area contributed by atoms with Crippen molar-refractivity contribution in [3.8, 4) is 28.1 Å². The van der Waals surface area contributed by atoms with E-state index in [2.05, 4.69) is 94.5 Å². The van der Waals surface area contributed by atoms with Crippen molar-refractivity contribution < 1.29 is 6.85 Å². The highest BCUT2D eigenvalue weighted by Gasteiger charge is 2.19. The molecule has 0 aliphatic rings. The van der Waals surface area contributed by atoms with E-state index in [-0.39, 0.29) is 29.7 Å². The standard InChI is InChI=1S/C40H23N3S2/c1-2-9-24(10-3-1)25-17-20-35-31(22-25)38-40(45-35)37(41-23-42-38)26-11-8-12-27(21-26)43-32-15-6-4-14-30(32)36-33(43)19-18-29-28-13-5-7-16-34(28)44-39(29)36/h1-23H/i1D,2D,3D,9D,10D. The average molecular weight is 615 g/mol. The molecule has 0 fully saturated rings. The first-order valence-corrected chi connectivity index (χ1v) is 16.2. The van der Waals surface area contributed by atoms with E-state index in [4.69, 9.17) is 11.8 Å². The van der Waals surface area contributed by atoms with Gasteiger partial charge in [-0.1, -0.05) is 90.9 Å². The lowest BCUT2D eigenvalue weighted by Crippen LogP contribution is -1.95. The molecule has 0 aliphatic heterocycles. The predicted molar refractivity (Wildman–Crippen MR) is 193 cm³/mol. The minimum Gasteiger partial charge on any atom is -0.309 e. The Balaban J connectivity index is 1.16. The van der Waals surface area contributed by atoms with E-state index in [0.717, 1.165) is 48.3 Å². The van der Waals surface area contributed by atoms with E-state index in [9.17, 15) is 0 Å². The highest BCUT2D eigenvalue weighted by Crippen LogP contribution is 2.44. The summed E-state index contributed by atoms with van der Waals surface area (Å²) >= 11 is 3.43. The number of nitrogens with zero attached hydrogens (tertiary/aromatic N) is 3. The number of hydrogen-bond donors (Lipinski definition) is 0. The Hall–Kier alpha value is -5.36. The first kappa shape index (κ1) is 20.6. The van der Waals surface area contributed by atoms with Crippen LogP contribution in [-0.2, 0) is 0 Å². The van der Waals surface area contributed by atoms with Gasteiger partial charge in [-0.25, -0.2) is 9.97 Å². The van der Waals surface area contributed by atoms with Crippen molar-refractivity contribution in [2.75, 3.05) is 0 Å². The maximum Gasteiger partial charge on any atom is 0.116 e. The van der Waals surface area contributed by atoms with Crippen molar-refractivity contribution in [3.05, 3.63) is 140 Å². The summed E-state index contributed by atoms with van der Waals surface area (Å²) in [5.74, 6) is 0. The first-order chi connectivity index (χ1) is 24.4. The summed E-state index contributed by atoms with van der Waals surface area (Å²) in [6.07, 6.45) is 1.58. The normalized spacial score (nSPS) is 13.6. The van der Waals surface area contributed by atoms with Crippen molar-refractivity contribution in [2.45, 2.75) is 0 Å². The Kier molecular flexibility index (Phi) is 4.37. The van der Waals surface area contributed by atoms with Crippen molar-refractivity contribution >= 4 is 85.0 Å². The molecule has 0 unspecified atom stereocenters. The molecule has 0 saturated heterocycles. The second-order valence-corrected chi connectivity index (χ2v) is 13.2. The molecule has 3 nitrogen and oxygen atoms in total. The van der Waals surface area contributed by atoms with E-state index in [0.29, 0.717) is 5.56 Å². The first-order valence-electron chi connectivity index (χ1n) is 17.1. The molecule has 210 valence electrons. The molecule has 0 spiro atoms. The third-order valence-corrected chi connectivity index (χ3v) is 11.0. The van der Waals surface area contributed by atoms with Crippen LogP contribution >= 0.6 is 22.7 Å². The Morgan fingerprint density at radius 3 is 2.31 bits per heavy atom. The fraction of sp³-hybridized carbons (Fsp3) is 0. The minimum atomic E-state index is -0.403. The van der Waals surface area contributed by atoms with Gasteiger partial charge in [0.2, 0.25) is 0 Å². The number of hydrogen-bond acceptors (Lipinski definition) is 4. The molecule has 0 amide bonds. The Labute approximate surface area is 273 Å². The predicted octanol–water partition coefficient (Wildman–Crippen LogP) is 11.6. The zero-order valence-electron chi connectivity index (χ0n) is 28.6. The van der Waals surface area contributed by atoms with Gasteiger partial charge in [-0.2, -0.15) is 0 Å². The molecular formula is C40H23N3S2. The van der Waals surface area contributed by atoms with Gasteiger partial charge in [0, 0.05) is 52.3 Å². The molecule has 0 radical (unpaired) electrons. The molecule has 0 aliphatic carbocycles. The summed E-state index contributed by atoms with van der Waals surface area (Å²) in [4.78, 5) is 9.47. The third-order valence-electron chi connectivity index (χ3n) is 8.60. The van der Waals surface area contributed by atoms with Crippen molar-refractivity contribution in [2.24, 2.45) is 0 Å². The SMILES string of the molecule is [2H]c1c([2H])c([2H])c(-c2ccc3sc4c(-c5cccc(-n6c7ccccc7c7c8sc9ccccc9c8ccc76)c5)ncnc4c3c2)c([2H])c1[2H]. The topological polar surface area (TPSA) is 30.7 Å². The van der Waals surface area contributed by atoms with E-state index in [1.165, 1.54) is 30.9 Å². The zero-order chi connectivity index (χ0) is 33.8. The fourth-order valence-electron chi connectivity index (χ4n) is 6.64. The van der Waals surface area contributed by atoms with Gasteiger partial charge < -0.3 is 4.57 Å². The van der Waals surface area contributed by atoms with Crippen LogP contribution in [0.2, 0.25) is 0 Å². The van der Waals surface area contributed by atoms with Gasteiger partial charge in [0.1, 0.15) is 6.33 Å². The second-order valence-electron chi connectivity index (χ2n) is 11.1. The van der Waals surface area contributed by atoms with Gasteiger partial charge in [-0.15, -0.1) is 22.7 Å². The number of para-hydroxylation sites is 1. The number of benzene rings is 6. The maximum absolute atomic E-state index is 8.50. The molecule has 0 saturated carbocycles. The second kappa shape index (κ2) is 9.57. The van der Waals surface area contributed by atoms with Gasteiger partial charge >= 0.3 is 0 Å². The van der Waals surface area contributed by atoms with Gasteiger partial charge in [-0.3, -0.25) is 0 Å². The molecule has 45 heavy (non-hydrogen) atoms. The molecule has 4 heterocycles. The number of aromatic nitrogens is 3. The smallest absolute Gasteiger partial charge is 0.116 e. The molecule has 5 heteroatoms. The lowest BCUT2D eigenvalue weighted by atomic mass is 10.0. The number of fused-ring (bicyclic) bond motifs is 10. The summed E-state index contributed by atoms with van der Waals surface area (Å²) in [7, 11) is 0. The van der Waals surface area contributed by atoms with Crippen LogP contribution in [0.1, 0.15) is 6.85 Å². The molecule has 4 aromatic heterocycles.